The molecule has 1 fully saturated rings. The molecule has 1 amide bonds. The predicted molar refractivity (Wildman–Crippen MR) is 111 cm³/mol. The number of likely N-dealkylation sites (tertiary alicyclic amines) is 1. The molecule has 2 aliphatic heterocycles. The van der Waals surface area contributed by atoms with E-state index in [4.69, 9.17) is 9.47 Å². The third-order valence-corrected chi connectivity index (χ3v) is 5.96. The maximum absolute atomic E-state index is 12.7. The van der Waals surface area contributed by atoms with Gasteiger partial charge < -0.3 is 19.3 Å². The maximum atomic E-state index is 12.7. The molecule has 3 heterocycles. The second-order valence-corrected chi connectivity index (χ2v) is 7.89. The zero-order chi connectivity index (χ0) is 20.4. The van der Waals surface area contributed by atoms with Gasteiger partial charge in [-0.25, -0.2) is 9.97 Å². The lowest BCUT2D eigenvalue weighted by atomic mass is 9.99. The normalized spacial score (nSPS) is 17.1. The molecule has 2 aliphatic rings. The highest BCUT2D eigenvalue weighted by Gasteiger charge is 2.24. The molecular weight excluding hydrogens is 368 g/mol. The van der Waals surface area contributed by atoms with Crippen LogP contribution in [0.15, 0.2) is 24.5 Å². The Morgan fingerprint density at radius 1 is 1.00 bits per heavy atom. The van der Waals surface area contributed by atoms with Gasteiger partial charge in [0, 0.05) is 38.6 Å². The van der Waals surface area contributed by atoms with Crippen LogP contribution in [0.4, 0.5) is 5.95 Å². The van der Waals surface area contributed by atoms with Crippen LogP contribution in [0.3, 0.4) is 0 Å². The van der Waals surface area contributed by atoms with Gasteiger partial charge in [0.25, 0.3) is 5.91 Å². The molecule has 0 saturated carbocycles. The number of hydrogen-bond acceptors (Lipinski definition) is 6. The number of carbonyl (C=O) groups excluding carboxylic acids is 1. The third kappa shape index (κ3) is 3.99. The zero-order valence-electron chi connectivity index (χ0n) is 17.4. The van der Waals surface area contributed by atoms with E-state index in [1.807, 2.05) is 17.0 Å². The first-order valence-electron chi connectivity index (χ1n) is 10.2. The maximum Gasteiger partial charge on any atom is 0.256 e. The van der Waals surface area contributed by atoms with Gasteiger partial charge in [0.1, 0.15) is 0 Å². The van der Waals surface area contributed by atoms with Crippen molar-refractivity contribution in [2.24, 2.45) is 5.92 Å². The van der Waals surface area contributed by atoms with Crippen molar-refractivity contribution in [3.63, 3.8) is 0 Å². The van der Waals surface area contributed by atoms with Crippen LogP contribution in [-0.4, -0.2) is 54.6 Å². The van der Waals surface area contributed by atoms with Crippen LogP contribution in [0.5, 0.6) is 11.5 Å². The number of anilines is 1. The number of rotatable bonds is 4. The van der Waals surface area contributed by atoms with E-state index in [0.717, 1.165) is 50.4 Å². The molecular formula is C22H28N4O3. The number of piperidine rings is 1. The van der Waals surface area contributed by atoms with Crippen LogP contribution in [0.1, 0.15) is 41.3 Å². The van der Waals surface area contributed by atoms with Gasteiger partial charge in [0.05, 0.1) is 19.8 Å². The van der Waals surface area contributed by atoms with E-state index in [-0.39, 0.29) is 5.91 Å². The minimum Gasteiger partial charge on any atom is -0.493 e. The number of fused-ring (bicyclic) bond motifs is 1. The molecule has 0 spiro atoms. The summed E-state index contributed by atoms with van der Waals surface area (Å²) in [4.78, 5) is 25.7. The van der Waals surface area contributed by atoms with Gasteiger partial charge in [-0.1, -0.05) is 6.92 Å². The molecule has 154 valence electrons. The summed E-state index contributed by atoms with van der Waals surface area (Å²) in [6.07, 6.45) is 6.32. The molecule has 1 aromatic heterocycles. The van der Waals surface area contributed by atoms with E-state index in [0.29, 0.717) is 24.0 Å². The molecule has 0 aliphatic carbocycles. The van der Waals surface area contributed by atoms with Crippen LogP contribution in [0.25, 0.3) is 0 Å². The lowest BCUT2D eigenvalue weighted by molar-refractivity contribution is 0.0696. The van der Waals surface area contributed by atoms with Gasteiger partial charge in [-0.3, -0.25) is 4.79 Å². The summed E-state index contributed by atoms with van der Waals surface area (Å²) < 4.78 is 10.8. The fraction of sp³-hybridized carbons (Fsp3) is 0.500. The number of methoxy groups -OCH3 is 2. The van der Waals surface area contributed by atoms with E-state index in [1.54, 1.807) is 26.6 Å². The monoisotopic (exact) mass is 396 g/mol. The molecule has 0 N–H and O–H groups in total. The Balaban J connectivity index is 1.47. The zero-order valence-corrected chi connectivity index (χ0v) is 17.4. The number of ether oxygens (including phenoxy) is 2. The molecule has 1 saturated heterocycles. The van der Waals surface area contributed by atoms with Crippen LogP contribution in [0, 0.1) is 5.92 Å². The standard InChI is InChI=1S/C22H28N4O3/c1-15-4-7-25(8-5-15)21(27)18-12-23-22(24-13-18)26-9-6-16-10-19(28-2)20(29-3)11-17(16)14-26/h10-13,15H,4-9,14H2,1-3H3. The number of aromatic nitrogens is 2. The van der Waals surface area contributed by atoms with Gasteiger partial charge in [0.2, 0.25) is 5.95 Å². The number of hydrogen-bond donors (Lipinski definition) is 0. The van der Waals surface area contributed by atoms with Gasteiger partial charge in [-0.05, 0) is 48.4 Å². The highest BCUT2D eigenvalue weighted by molar-refractivity contribution is 5.93. The van der Waals surface area contributed by atoms with E-state index >= 15 is 0 Å². The fourth-order valence-electron chi connectivity index (χ4n) is 4.04. The van der Waals surface area contributed by atoms with Gasteiger partial charge in [-0.2, -0.15) is 0 Å². The van der Waals surface area contributed by atoms with Crippen molar-refractivity contribution in [1.29, 1.82) is 0 Å². The quantitative estimate of drug-likeness (QED) is 0.792. The van der Waals surface area contributed by atoms with E-state index in [2.05, 4.69) is 21.8 Å². The van der Waals surface area contributed by atoms with Crippen LogP contribution in [-0.2, 0) is 13.0 Å². The molecule has 1 aromatic carbocycles. The summed E-state index contributed by atoms with van der Waals surface area (Å²) >= 11 is 0. The molecule has 4 rings (SSSR count). The van der Waals surface area contributed by atoms with Gasteiger partial charge >= 0.3 is 0 Å². The number of benzene rings is 1. The van der Waals surface area contributed by atoms with Crippen molar-refractivity contribution in [1.82, 2.24) is 14.9 Å². The van der Waals surface area contributed by atoms with Gasteiger partial charge in [-0.15, -0.1) is 0 Å². The third-order valence-electron chi connectivity index (χ3n) is 5.96. The lowest BCUT2D eigenvalue weighted by Crippen LogP contribution is -2.38. The molecule has 0 unspecified atom stereocenters. The molecule has 0 radical (unpaired) electrons. The van der Waals surface area contributed by atoms with Crippen molar-refractivity contribution in [2.45, 2.75) is 32.7 Å². The Labute approximate surface area is 171 Å². The van der Waals surface area contributed by atoms with Crippen molar-refractivity contribution in [2.75, 3.05) is 38.8 Å². The largest absolute Gasteiger partial charge is 0.493 e. The summed E-state index contributed by atoms with van der Waals surface area (Å²) in [7, 11) is 3.30. The first-order chi connectivity index (χ1) is 14.1. The van der Waals surface area contributed by atoms with Crippen LogP contribution < -0.4 is 14.4 Å². The van der Waals surface area contributed by atoms with Crippen molar-refractivity contribution in [3.8, 4) is 11.5 Å². The molecule has 29 heavy (non-hydrogen) atoms. The second kappa shape index (κ2) is 8.27. The highest BCUT2D eigenvalue weighted by atomic mass is 16.5. The predicted octanol–water partition coefficient (Wildman–Crippen LogP) is 2.93. The minimum absolute atomic E-state index is 0.0317. The smallest absolute Gasteiger partial charge is 0.256 e. The number of carbonyl (C=O) groups is 1. The van der Waals surface area contributed by atoms with Crippen LogP contribution >= 0.6 is 0 Å². The summed E-state index contributed by atoms with van der Waals surface area (Å²) in [6, 6.07) is 4.07. The summed E-state index contributed by atoms with van der Waals surface area (Å²) in [5, 5.41) is 0. The highest BCUT2D eigenvalue weighted by Crippen LogP contribution is 2.33. The summed E-state index contributed by atoms with van der Waals surface area (Å²) in [6.45, 7) is 5.39. The average molecular weight is 396 g/mol. The Morgan fingerprint density at radius 2 is 1.62 bits per heavy atom. The summed E-state index contributed by atoms with van der Waals surface area (Å²) in [5.41, 5.74) is 3.00. The van der Waals surface area contributed by atoms with Gasteiger partial charge in [0.15, 0.2) is 11.5 Å². The first-order valence-corrected chi connectivity index (χ1v) is 10.2. The molecule has 7 heteroatoms. The fourth-order valence-corrected chi connectivity index (χ4v) is 4.04. The second-order valence-electron chi connectivity index (χ2n) is 7.89. The van der Waals surface area contributed by atoms with E-state index < -0.39 is 0 Å². The topological polar surface area (TPSA) is 67.8 Å². The number of nitrogens with zero attached hydrogens (tertiary/aromatic N) is 4. The Bertz CT molecular complexity index is 876. The van der Waals surface area contributed by atoms with Crippen molar-refractivity contribution in [3.05, 3.63) is 41.2 Å². The van der Waals surface area contributed by atoms with Crippen LogP contribution in [0.2, 0.25) is 0 Å². The van der Waals surface area contributed by atoms with Crippen molar-refractivity contribution < 1.29 is 14.3 Å². The Morgan fingerprint density at radius 3 is 2.24 bits per heavy atom. The minimum atomic E-state index is 0.0317. The van der Waals surface area contributed by atoms with Crippen molar-refractivity contribution >= 4 is 11.9 Å². The Hall–Kier alpha value is -2.83. The molecule has 2 aromatic rings. The average Bonchev–Trinajstić information content (AvgIpc) is 2.78. The molecule has 0 atom stereocenters. The van der Waals surface area contributed by atoms with E-state index in [9.17, 15) is 4.79 Å². The SMILES string of the molecule is COc1cc2c(cc1OC)CN(c1ncc(C(=O)N3CCC(C)CC3)cn1)CC2. The lowest BCUT2D eigenvalue weighted by Gasteiger charge is -2.31. The summed E-state index contributed by atoms with van der Waals surface area (Å²) in [5.74, 6) is 2.86. The molecule has 0 bridgehead atoms. The number of amides is 1. The first kappa shape index (κ1) is 19.5. The Kier molecular flexibility index (Phi) is 5.56. The molecule has 7 nitrogen and oxygen atoms in total. The van der Waals surface area contributed by atoms with E-state index in [1.165, 1.54) is 11.1 Å².